The lowest BCUT2D eigenvalue weighted by Crippen LogP contribution is -2.43. The van der Waals surface area contributed by atoms with Crippen LogP contribution in [-0.2, 0) is 4.79 Å². The molecule has 0 saturated carbocycles. The molecule has 0 unspecified atom stereocenters. The molecule has 5 nitrogen and oxygen atoms in total. The van der Waals surface area contributed by atoms with E-state index < -0.39 is 0 Å². The highest BCUT2D eigenvalue weighted by Crippen LogP contribution is 2.21. The highest BCUT2D eigenvalue weighted by atomic mass is 16.2. The monoisotopic (exact) mass is 291 g/mol. The highest BCUT2D eigenvalue weighted by Gasteiger charge is 2.14. The number of aryl methyl sites for hydroxylation is 2. The Morgan fingerprint density at radius 1 is 1.24 bits per heavy atom. The number of rotatable bonds is 5. The van der Waals surface area contributed by atoms with Crippen LogP contribution in [0.25, 0.3) is 0 Å². The average Bonchev–Trinajstić information content (AvgIpc) is 2.34. The lowest BCUT2D eigenvalue weighted by atomic mass is 10.1. The highest BCUT2D eigenvalue weighted by molar-refractivity contribution is 5.92. The van der Waals surface area contributed by atoms with Gasteiger partial charge in [0.05, 0.1) is 0 Å². The van der Waals surface area contributed by atoms with Gasteiger partial charge in [-0.3, -0.25) is 4.79 Å². The number of nitrogens with zero attached hydrogens (tertiary/aromatic N) is 1. The Labute approximate surface area is 126 Å². The number of benzene rings is 1. The molecule has 0 saturated heterocycles. The molecular formula is C16H25N3O2. The normalized spacial score (nSPS) is 10.4. The quantitative estimate of drug-likeness (QED) is 0.875. The van der Waals surface area contributed by atoms with E-state index in [0.717, 1.165) is 16.8 Å². The van der Waals surface area contributed by atoms with Gasteiger partial charge in [0.1, 0.15) is 0 Å². The molecule has 116 valence electrons. The first-order chi connectivity index (χ1) is 9.81. The van der Waals surface area contributed by atoms with Gasteiger partial charge in [0.25, 0.3) is 0 Å². The predicted octanol–water partition coefficient (Wildman–Crippen LogP) is 2.36. The minimum Gasteiger partial charge on any atom is -0.336 e. The van der Waals surface area contributed by atoms with E-state index in [9.17, 15) is 9.59 Å². The summed E-state index contributed by atoms with van der Waals surface area (Å²) in [5.74, 6) is -0.0342. The third-order valence-corrected chi connectivity index (χ3v) is 3.06. The summed E-state index contributed by atoms with van der Waals surface area (Å²) in [6.45, 7) is 10.2. The molecule has 0 heterocycles. The molecule has 0 aliphatic heterocycles. The van der Waals surface area contributed by atoms with Gasteiger partial charge >= 0.3 is 6.03 Å². The van der Waals surface area contributed by atoms with E-state index in [4.69, 9.17) is 0 Å². The first-order valence-electron chi connectivity index (χ1n) is 7.21. The molecule has 2 N–H and O–H groups in total. The summed E-state index contributed by atoms with van der Waals surface area (Å²) in [5.41, 5.74) is 3.10. The lowest BCUT2D eigenvalue weighted by molar-refractivity contribution is -0.116. The lowest BCUT2D eigenvalue weighted by Gasteiger charge is -2.23. The first-order valence-corrected chi connectivity index (χ1v) is 7.21. The second-order valence-electron chi connectivity index (χ2n) is 5.52. The minimum atomic E-state index is -0.214. The Morgan fingerprint density at radius 2 is 1.90 bits per heavy atom. The summed E-state index contributed by atoms with van der Waals surface area (Å²) in [4.78, 5) is 25.0. The topological polar surface area (TPSA) is 61.4 Å². The van der Waals surface area contributed by atoms with E-state index in [1.54, 1.807) is 4.90 Å². The minimum absolute atomic E-state index is 0.0342. The number of hydrogen-bond donors (Lipinski definition) is 2. The fourth-order valence-corrected chi connectivity index (χ4v) is 2.15. The van der Waals surface area contributed by atoms with Crippen molar-refractivity contribution in [2.45, 2.75) is 40.7 Å². The number of hydrogen-bond acceptors (Lipinski definition) is 2. The molecule has 0 radical (unpaired) electrons. The maximum Gasteiger partial charge on any atom is 0.315 e. The first kappa shape index (κ1) is 17.0. The maximum atomic E-state index is 11.8. The number of carbonyl (C=O) groups is 2. The predicted molar refractivity (Wildman–Crippen MR) is 85.6 cm³/mol. The fraction of sp³-hybridized carbons (Fsp3) is 0.500. The van der Waals surface area contributed by atoms with Gasteiger partial charge in [-0.2, -0.15) is 0 Å². The van der Waals surface area contributed by atoms with Gasteiger partial charge in [-0.15, -0.1) is 0 Å². The molecule has 21 heavy (non-hydrogen) atoms. The van der Waals surface area contributed by atoms with Gasteiger partial charge in [-0.1, -0.05) is 17.7 Å². The zero-order valence-corrected chi connectivity index (χ0v) is 13.5. The van der Waals surface area contributed by atoms with E-state index in [1.165, 1.54) is 6.92 Å². The zero-order chi connectivity index (χ0) is 16.0. The van der Waals surface area contributed by atoms with Gasteiger partial charge in [-0.05, 0) is 39.3 Å². The molecule has 3 amide bonds. The summed E-state index contributed by atoms with van der Waals surface area (Å²) in [7, 11) is 0. The summed E-state index contributed by atoms with van der Waals surface area (Å²) >= 11 is 0. The van der Waals surface area contributed by atoms with Crippen molar-refractivity contribution in [3.05, 3.63) is 29.3 Å². The molecule has 0 fully saturated rings. The van der Waals surface area contributed by atoms with E-state index in [0.29, 0.717) is 13.1 Å². The molecule has 1 rings (SSSR count). The SMILES string of the molecule is CC(=O)N(CCNC(=O)NC(C)C)c1ccc(C)cc1C. The van der Waals surface area contributed by atoms with Crippen molar-refractivity contribution in [3.8, 4) is 0 Å². The van der Waals surface area contributed by atoms with Gasteiger partial charge < -0.3 is 15.5 Å². The van der Waals surface area contributed by atoms with Crippen molar-refractivity contribution in [1.82, 2.24) is 10.6 Å². The summed E-state index contributed by atoms with van der Waals surface area (Å²) in [6, 6.07) is 5.85. The van der Waals surface area contributed by atoms with Crippen molar-refractivity contribution < 1.29 is 9.59 Å². The average molecular weight is 291 g/mol. The number of amides is 3. The zero-order valence-electron chi connectivity index (χ0n) is 13.5. The van der Waals surface area contributed by atoms with Crippen molar-refractivity contribution in [2.24, 2.45) is 0 Å². The van der Waals surface area contributed by atoms with E-state index >= 15 is 0 Å². The number of urea groups is 1. The Balaban J connectivity index is 2.67. The maximum absolute atomic E-state index is 11.8. The second kappa shape index (κ2) is 7.67. The van der Waals surface area contributed by atoms with Crippen molar-refractivity contribution in [1.29, 1.82) is 0 Å². The Bertz CT molecular complexity index is 512. The van der Waals surface area contributed by atoms with E-state index in [2.05, 4.69) is 10.6 Å². The van der Waals surface area contributed by atoms with Crippen LogP contribution < -0.4 is 15.5 Å². The number of anilines is 1. The van der Waals surface area contributed by atoms with E-state index in [1.807, 2.05) is 45.9 Å². The molecule has 0 spiro atoms. The van der Waals surface area contributed by atoms with Crippen molar-refractivity contribution in [3.63, 3.8) is 0 Å². The van der Waals surface area contributed by atoms with Gasteiger partial charge in [-0.25, -0.2) is 4.79 Å². The van der Waals surface area contributed by atoms with Gasteiger partial charge in [0.15, 0.2) is 0 Å². The Kier molecular flexibility index (Phi) is 6.21. The molecule has 0 aliphatic carbocycles. The van der Waals surface area contributed by atoms with Crippen LogP contribution >= 0.6 is 0 Å². The van der Waals surface area contributed by atoms with E-state index in [-0.39, 0.29) is 18.0 Å². The smallest absolute Gasteiger partial charge is 0.315 e. The number of nitrogens with one attached hydrogen (secondary N) is 2. The third kappa shape index (κ3) is 5.45. The van der Waals surface area contributed by atoms with Crippen LogP contribution in [0.3, 0.4) is 0 Å². The molecule has 0 aromatic heterocycles. The Hall–Kier alpha value is -2.04. The standard InChI is InChI=1S/C16H25N3O2/c1-11(2)18-16(21)17-8-9-19(14(5)20)15-7-6-12(3)10-13(15)4/h6-7,10-11H,8-9H2,1-5H3,(H2,17,18,21). The van der Waals surface area contributed by atoms with Crippen LogP contribution in [0.15, 0.2) is 18.2 Å². The molecule has 0 bridgehead atoms. The largest absolute Gasteiger partial charge is 0.336 e. The van der Waals surface area contributed by atoms with Gasteiger partial charge in [0.2, 0.25) is 5.91 Å². The molecular weight excluding hydrogens is 266 g/mol. The molecule has 0 aliphatic rings. The second-order valence-corrected chi connectivity index (χ2v) is 5.52. The van der Waals surface area contributed by atoms with Crippen LogP contribution in [0.4, 0.5) is 10.5 Å². The summed E-state index contributed by atoms with van der Waals surface area (Å²) < 4.78 is 0. The molecule has 1 aromatic rings. The van der Waals surface area contributed by atoms with Crippen LogP contribution in [0.5, 0.6) is 0 Å². The molecule has 1 aromatic carbocycles. The Morgan fingerprint density at radius 3 is 2.43 bits per heavy atom. The van der Waals surface area contributed by atoms with Crippen LogP contribution in [0, 0.1) is 13.8 Å². The molecule has 5 heteroatoms. The van der Waals surface area contributed by atoms with Crippen LogP contribution in [-0.4, -0.2) is 31.1 Å². The summed E-state index contributed by atoms with van der Waals surface area (Å²) in [5, 5.41) is 5.51. The van der Waals surface area contributed by atoms with Crippen LogP contribution in [0.1, 0.15) is 31.9 Å². The van der Waals surface area contributed by atoms with Crippen molar-refractivity contribution >= 4 is 17.6 Å². The van der Waals surface area contributed by atoms with Gasteiger partial charge in [0, 0.05) is 31.7 Å². The fourth-order valence-electron chi connectivity index (χ4n) is 2.15. The van der Waals surface area contributed by atoms with Crippen molar-refractivity contribution in [2.75, 3.05) is 18.0 Å². The third-order valence-electron chi connectivity index (χ3n) is 3.06. The molecule has 0 atom stereocenters. The number of carbonyl (C=O) groups excluding carboxylic acids is 2. The summed E-state index contributed by atoms with van der Waals surface area (Å²) in [6.07, 6.45) is 0. The van der Waals surface area contributed by atoms with Crippen LogP contribution in [0.2, 0.25) is 0 Å².